The number of thioether (sulfide) groups is 1. The second-order valence-corrected chi connectivity index (χ2v) is 10.0. The van der Waals surface area contributed by atoms with Gasteiger partial charge in [-0.2, -0.15) is 18.4 Å². The molecule has 30 heavy (non-hydrogen) atoms. The molecule has 0 aromatic carbocycles. The molecule has 0 spiro atoms. The molecule has 4 rings (SSSR count). The van der Waals surface area contributed by atoms with Gasteiger partial charge in [-0.15, -0.1) is 4.21 Å². The summed E-state index contributed by atoms with van der Waals surface area (Å²) in [5, 5.41) is 9.47. The van der Waals surface area contributed by atoms with Crippen LogP contribution < -0.4 is 0 Å². The van der Waals surface area contributed by atoms with Crippen LogP contribution in [0.4, 0.5) is 13.2 Å². The fourth-order valence-electron chi connectivity index (χ4n) is 3.30. The Morgan fingerprint density at radius 3 is 2.63 bits per heavy atom. The molecule has 156 valence electrons. The highest BCUT2D eigenvalue weighted by Crippen LogP contribution is 2.48. The van der Waals surface area contributed by atoms with Gasteiger partial charge in [0, 0.05) is 30.4 Å². The minimum atomic E-state index is -4.42. The summed E-state index contributed by atoms with van der Waals surface area (Å²) in [4.78, 5) is 13.5. The van der Waals surface area contributed by atoms with Crippen LogP contribution in [0.15, 0.2) is 34.3 Å². The van der Waals surface area contributed by atoms with E-state index < -0.39 is 21.7 Å². The van der Waals surface area contributed by atoms with Crippen LogP contribution in [0.25, 0.3) is 22.7 Å². The smallest absolute Gasteiger partial charge is 0.310 e. The summed E-state index contributed by atoms with van der Waals surface area (Å²) in [5.41, 5.74) is -3.17. The molecule has 0 radical (unpaired) electrons. The monoisotopic (exact) mass is 452 g/mol. The van der Waals surface area contributed by atoms with Gasteiger partial charge in [0.25, 0.3) is 0 Å². The van der Waals surface area contributed by atoms with Gasteiger partial charge in [-0.3, -0.25) is 0 Å². The van der Waals surface area contributed by atoms with Crippen molar-refractivity contribution in [3.05, 3.63) is 30.1 Å². The second-order valence-electron chi connectivity index (χ2n) is 7.04. The summed E-state index contributed by atoms with van der Waals surface area (Å²) in [7, 11) is -0.0886. The molecule has 3 aromatic rings. The topological polar surface area (TPSA) is 84.5 Å². The Morgan fingerprint density at radius 1 is 1.30 bits per heavy atom. The van der Waals surface area contributed by atoms with Gasteiger partial charge in [-0.1, -0.05) is 0 Å². The van der Waals surface area contributed by atoms with E-state index in [2.05, 4.69) is 21.0 Å². The number of halogens is 3. The number of nitrogens with zero attached hydrogens (tertiary/aromatic N) is 5. The summed E-state index contributed by atoms with van der Waals surface area (Å²) < 4.78 is 52.5. The van der Waals surface area contributed by atoms with Crippen LogP contribution in [-0.2, 0) is 27.5 Å². The fraction of sp³-hybridized carbons (Fsp3) is 0.368. The Hall–Kier alpha value is -2.45. The van der Waals surface area contributed by atoms with Crippen LogP contribution in [0.3, 0.4) is 0 Å². The summed E-state index contributed by atoms with van der Waals surface area (Å²) in [5.74, 6) is 0.758. The zero-order chi connectivity index (χ0) is 21.7. The molecular formula is C19H17F3N5OS2+. The lowest BCUT2D eigenvalue weighted by molar-refractivity contribution is -0.0328. The normalized spacial score (nSPS) is 16.4. The van der Waals surface area contributed by atoms with Crippen molar-refractivity contribution in [1.29, 1.82) is 5.26 Å². The van der Waals surface area contributed by atoms with Crippen molar-refractivity contribution >= 4 is 33.7 Å². The van der Waals surface area contributed by atoms with Gasteiger partial charge in [0.05, 0.1) is 11.5 Å². The average molecular weight is 453 g/mol. The van der Waals surface area contributed by atoms with Crippen LogP contribution >= 0.6 is 11.8 Å². The second kappa shape index (κ2) is 7.35. The Kier molecular flexibility index (Phi) is 5.10. The van der Waals surface area contributed by atoms with Crippen LogP contribution in [-0.4, -0.2) is 30.8 Å². The lowest BCUT2D eigenvalue weighted by atomic mass is 9.99. The first kappa shape index (κ1) is 20.8. The zero-order valence-electron chi connectivity index (χ0n) is 16.1. The number of hydrogen-bond donors (Lipinski definition) is 0. The molecule has 11 heteroatoms. The Labute approximate surface area is 177 Å². The molecule has 1 atom stereocenters. The van der Waals surface area contributed by atoms with Gasteiger partial charge in [0.1, 0.15) is 22.1 Å². The molecular weight excluding hydrogens is 435 g/mol. The van der Waals surface area contributed by atoms with Gasteiger partial charge in [0.2, 0.25) is 0 Å². The van der Waals surface area contributed by atoms with Crippen molar-refractivity contribution < 1.29 is 17.4 Å². The molecule has 3 heterocycles. The average Bonchev–Trinajstić information content (AvgIpc) is 3.44. The van der Waals surface area contributed by atoms with Crippen LogP contribution in [0.5, 0.6) is 0 Å². The third kappa shape index (κ3) is 3.70. The summed E-state index contributed by atoms with van der Waals surface area (Å²) in [6.07, 6.45) is 4.23. The molecule has 0 amide bonds. The number of aryl methyl sites for hydroxylation is 1. The van der Waals surface area contributed by atoms with E-state index in [4.69, 9.17) is 0 Å². The van der Waals surface area contributed by atoms with E-state index in [1.165, 1.54) is 6.07 Å². The molecule has 1 aliphatic rings. The molecule has 1 aliphatic carbocycles. The van der Waals surface area contributed by atoms with E-state index in [0.717, 1.165) is 24.6 Å². The van der Waals surface area contributed by atoms with Gasteiger partial charge >= 0.3 is 5.51 Å². The van der Waals surface area contributed by atoms with Crippen molar-refractivity contribution in [2.75, 3.05) is 5.75 Å². The van der Waals surface area contributed by atoms with Crippen molar-refractivity contribution in [3.63, 3.8) is 0 Å². The van der Waals surface area contributed by atoms with Crippen molar-refractivity contribution in [3.8, 4) is 17.6 Å². The first-order valence-electron chi connectivity index (χ1n) is 9.12. The lowest BCUT2D eigenvalue weighted by Crippen LogP contribution is -2.08. The molecule has 0 N–H and O–H groups in total. The number of alkyl halides is 3. The number of imidazole rings is 1. The lowest BCUT2D eigenvalue weighted by Gasteiger charge is -2.09. The van der Waals surface area contributed by atoms with Gasteiger partial charge in [-0.25, -0.2) is 15.0 Å². The molecule has 1 unspecified atom stereocenters. The molecule has 1 fully saturated rings. The van der Waals surface area contributed by atoms with Crippen molar-refractivity contribution in [1.82, 2.24) is 19.5 Å². The predicted octanol–water partition coefficient (Wildman–Crippen LogP) is 4.27. The number of fused-ring (bicyclic) bond motifs is 1. The maximum atomic E-state index is 12.8. The fourth-order valence-corrected chi connectivity index (χ4v) is 4.86. The quantitative estimate of drug-likeness (QED) is 0.327. The van der Waals surface area contributed by atoms with Crippen molar-refractivity contribution in [2.45, 2.75) is 40.5 Å². The molecule has 0 saturated heterocycles. The number of thiol groups is 1. The largest absolute Gasteiger partial charge is 0.446 e. The first-order chi connectivity index (χ1) is 14.2. The van der Waals surface area contributed by atoms with Crippen LogP contribution in [0, 0.1) is 11.3 Å². The standard InChI is InChI=1S/C19H16F3N5OS2/c1-3-30(28)14-6-11(18(10-23)4-5-18)8-24-15(14)17-26-13-7-12(29-19(20,21)22)9-25-16(13)27(17)2/h6-9H,3-5H2,1-2H3/p+1. The minimum absolute atomic E-state index is 0.0625. The number of nitriles is 1. The van der Waals surface area contributed by atoms with E-state index in [0.29, 0.717) is 33.3 Å². The molecule has 3 aromatic heterocycles. The van der Waals surface area contributed by atoms with Gasteiger partial charge in [-0.05, 0) is 43.2 Å². The van der Waals surface area contributed by atoms with E-state index in [1.807, 2.05) is 0 Å². The number of hydrogen-bond acceptors (Lipinski definition) is 6. The van der Waals surface area contributed by atoms with E-state index in [-0.39, 0.29) is 16.7 Å². The van der Waals surface area contributed by atoms with E-state index in [9.17, 15) is 22.6 Å². The van der Waals surface area contributed by atoms with Crippen LogP contribution in [0.2, 0.25) is 0 Å². The Balaban J connectivity index is 1.84. The predicted molar refractivity (Wildman–Crippen MR) is 108 cm³/mol. The third-order valence-corrected chi connectivity index (χ3v) is 7.21. The number of rotatable bonds is 5. The van der Waals surface area contributed by atoms with Crippen molar-refractivity contribution in [2.24, 2.45) is 7.05 Å². The SMILES string of the molecule is CC[SH+](=O)c1cc(C2(C#N)CC2)cnc1-c1nc2cc(SC(F)(F)F)cnc2n1C. The Bertz CT molecular complexity index is 1210. The number of pyridine rings is 2. The summed E-state index contributed by atoms with van der Waals surface area (Å²) >= 11 is -0.253. The highest BCUT2D eigenvalue weighted by atomic mass is 32.2. The Morgan fingerprint density at radius 2 is 2.03 bits per heavy atom. The van der Waals surface area contributed by atoms with Gasteiger partial charge in [0.15, 0.2) is 22.1 Å². The number of aromatic nitrogens is 4. The summed E-state index contributed by atoms with van der Waals surface area (Å²) in [6.45, 7) is 1.80. The highest BCUT2D eigenvalue weighted by Gasteiger charge is 2.46. The highest BCUT2D eigenvalue weighted by molar-refractivity contribution is 8.00. The maximum absolute atomic E-state index is 12.8. The molecule has 6 nitrogen and oxygen atoms in total. The molecule has 0 aliphatic heterocycles. The molecule has 1 saturated carbocycles. The maximum Gasteiger partial charge on any atom is 0.446 e. The zero-order valence-corrected chi connectivity index (χ0v) is 17.8. The van der Waals surface area contributed by atoms with E-state index in [1.54, 1.807) is 30.8 Å². The van der Waals surface area contributed by atoms with Gasteiger partial charge < -0.3 is 4.57 Å². The molecule has 0 bridgehead atoms. The summed E-state index contributed by atoms with van der Waals surface area (Å²) in [6, 6.07) is 5.40. The van der Waals surface area contributed by atoms with Crippen LogP contribution in [0.1, 0.15) is 25.3 Å². The third-order valence-electron chi connectivity index (χ3n) is 5.07. The first-order valence-corrected chi connectivity index (χ1v) is 11.4. The van der Waals surface area contributed by atoms with E-state index >= 15 is 0 Å². The minimum Gasteiger partial charge on any atom is -0.310 e.